The minimum Gasteiger partial charge on any atom is -0.315 e. The second kappa shape index (κ2) is 13.2. The van der Waals surface area contributed by atoms with Crippen LogP contribution < -0.4 is 26.2 Å². The summed E-state index contributed by atoms with van der Waals surface area (Å²) in [6, 6.07) is 39.8. The average molecular weight is 707 g/mol. The number of benzene rings is 5. The van der Waals surface area contributed by atoms with E-state index in [2.05, 4.69) is 180 Å². The molecule has 54 heavy (non-hydrogen) atoms. The maximum Gasteiger partial charge on any atom is 0.252 e. The van der Waals surface area contributed by atoms with Gasteiger partial charge in [0.15, 0.2) is 0 Å². The average Bonchev–Trinajstić information content (AvgIpc) is 3.17. The van der Waals surface area contributed by atoms with Gasteiger partial charge in [-0.1, -0.05) is 133 Å². The van der Waals surface area contributed by atoms with Crippen LogP contribution in [0.25, 0.3) is 11.1 Å². The molecule has 0 fully saturated rings. The van der Waals surface area contributed by atoms with Crippen LogP contribution in [0.3, 0.4) is 0 Å². The van der Waals surface area contributed by atoms with E-state index in [1.165, 1.54) is 110 Å². The number of hydrogen-bond donors (Lipinski definition) is 0. The third-order valence-electron chi connectivity index (χ3n) is 12.7. The van der Waals surface area contributed by atoms with E-state index in [0.717, 1.165) is 6.42 Å². The zero-order chi connectivity index (χ0) is 37.4. The first-order valence-corrected chi connectivity index (χ1v) is 20.5. The Morgan fingerprint density at radius 1 is 0.593 bits per heavy atom. The Labute approximate surface area is 324 Å². The molecule has 0 radical (unpaired) electrons. The van der Waals surface area contributed by atoms with Crippen molar-refractivity contribution >= 4 is 51.5 Å². The fraction of sp³-hybridized carbons (Fsp3) is 0.333. The molecule has 2 nitrogen and oxygen atoms in total. The smallest absolute Gasteiger partial charge is 0.252 e. The van der Waals surface area contributed by atoms with Crippen molar-refractivity contribution in [2.45, 2.75) is 97.8 Å². The molecule has 0 N–H and O–H groups in total. The lowest BCUT2D eigenvalue weighted by Gasteiger charge is -2.48. The quantitative estimate of drug-likeness (QED) is 0.133. The summed E-state index contributed by atoms with van der Waals surface area (Å²) >= 11 is 0. The molecule has 9 rings (SSSR count). The van der Waals surface area contributed by atoms with Gasteiger partial charge >= 0.3 is 0 Å². The number of nitrogens with zero attached hydrogens (tertiary/aromatic N) is 2. The predicted molar refractivity (Wildman–Crippen MR) is 234 cm³/mol. The van der Waals surface area contributed by atoms with Crippen LogP contribution in [-0.2, 0) is 10.8 Å². The molecule has 2 aliphatic heterocycles. The molecule has 0 amide bonds. The minimum absolute atomic E-state index is 0.0165. The molecule has 5 aromatic carbocycles. The molecule has 0 aromatic heterocycles. The molecule has 0 spiro atoms. The van der Waals surface area contributed by atoms with Crippen LogP contribution in [0, 0.1) is 18.8 Å². The first-order chi connectivity index (χ1) is 26.0. The van der Waals surface area contributed by atoms with Gasteiger partial charge in [-0.25, -0.2) is 0 Å². The highest BCUT2D eigenvalue weighted by Crippen LogP contribution is 2.49. The molecule has 272 valence electrons. The van der Waals surface area contributed by atoms with Crippen LogP contribution >= 0.6 is 0 Å². The van der Waals surface area contributed by atoms with E-state index in [1.54, 1.807) is 0 Å². The van der Waals surface area contributed by atoms with Crippen molar-refractivity contribution in [2.75, 3.05) is 9.80 Å². The van der Waals surface area contributed by atoms with Crippen molar-refractivity contribution < 1.29 is 0 Å². The third kappa shape index (κ3) is 5.87. The van der Waals surface area contributed by atoms with E-state index in [1.807, 2.05) is 0 Å². The maximum atomic E-state index is 2.75. The summed E-state index contributed by atoms with van der Waals surface area (Å²) in [5.74, 6) is 1.10. The summed E-state index contributed by atoms with van der Waals surface area (Å²) in [5, 5.41) is 0. The van der Waals surface area contributed by atoms with Crippen LogP contribution in [0.4, 0.5) is 28.4 Å². The van der Waals surface area contributed by atoms with Gasteiger partial charge in [-0.15, -0.1) is 0 Å². The summed E-state index contributed by atoms with van der Waals surface area (Å²) in [4.78, 5) is 5.36. The molecule has 2 aliphatic carbocycles. The Bertz CT molecular complexity index is 2300. The highest BCUT2D eigenvalue weighted by atomic mass is 15.2. The first-order valence-electron chi connectivity index (χ1n) is 20.5. The van der Waals surface area contributed by atoms with E-state index in [0.29, 0.717) is 11.8 Å². The van der Waals surface area contributed by atoms with Crippen molar-refractivity contribution in [3.8, 4) is 11.1 Å². The first kappa shape index (κ1) is 35.0. The summed E-state index contributed by atoms with van der Waals surface area (Å²) in [7, 11) is 0. The Hall–Kier alpha value is -4.76. The number of para-hydroxylation sites is 1. The highest BCUT2D eigenvalue weighted by molar-refractivity contribution is 7.00. The normalized spacial score (nSPS) is 19.2. The maximum absolute atomic E-state index is 2.75. The lowest BCUT2D eigenvalue weighted by molar-refractivity contribution is 0.360. The summed E-state index contributed by atoms with van der Waals surface area (Å²) in [5.41, 5.74) is 18.9. The molecule has 5 aromatic rings. The SMILES string of the molecule is Cc1cc2c3c(c1)N(c1ccccc1-c1ccccc1)c1ccc(C(C)(C)C)cc1B3c1cc(C(C)(C)C)ccc1N2C1=CCCCC1C1C=CCCC1. The number of aryl methyl sites for hydroxylation is 1. The lowest BCUT2D eigenvalue weighted by atomic mass is 9.33. The molecule has 0 saturated carbocycles. The largest absolute Gasteiger partial charge is 0.315 e. The van der Waals surface area contributed by atoms with Gasteiger partial charge in [0.1, 0.15) is 0 Å². The van der Waals surface area contributed by atoms with E-state index in [9.17, 15) is 0 Å². The van der Waals surface area contributed by atoms with Crippen molar-refractivity contribution in [1.82, 2.24) is 0 Å². The molecule has 0 bridgehead atoms. The summed E-state index contributed by atoms with van der Waals surface area (Å²) < 4.78 is 0. The van der Waals surface area contributed by atoms with Crippen LogP contribution in [0.2, 0.25) is 0 Å². The van der Waals surface area contributed by atoms with Crippen molar-refractivity contribution in [3.63, 3.8) is 0 Å². The molecule has 0 saturated heterocycles. The second-order valence-corrected chi connectivity index (χ2v) is 18.4. The predicted octanol–water partition coefficient (Wildman–Crippen LogP) is 12.0. The van der Waals surface area contributed by atoms with Crippen molar-refractivity contribution in [2.24, 2.45) is 11.8 Å². The highest BCUT2D eigenvalue weighted by Gasteiger charge is 2.46. The summed E-state index contributed by atoms with van der Waals surface area (Å²) in [6.07, 6.45) is 15.1. The number of hydrogen-bond acceptors (Lipinski definition) is 2. The van der Waals surface area contributed by atoms with Crippen LogP contribution in [0.5, 0.6) is 0 Å². The van der Waals surface area contributed by atoms with Gasteiger partial charge in [0.05, 0.1) is 5.69 Å². The Morgan fingerprint density at radius 3 is 1.85 bits per heavy atom. The van der Waals surface area contributed by atoms with Crippen molar-refractivity contribution in [3.05, 3.63) is 144 Å². The Kier molecular flexibility index (Phi) is 8.56. The second-order valence-electron chi connectivity index (χ2n) is 18.4. The monoisotopic (exact) mass is 706 g/mol. The third-order valence-corrected chi connectivity index (χ3v) is 12.7. The summed E-state index contributed by atoms with van der Waals surface area (Å²) in [6.45, 7) is 16.6. The minimum atomic E-state index is 0.0165. The van der Waals surface area contributed by atoms with Crippen LogP contribution in [0.1, 0.15) is 96.8 Å². The Balaban J connectivity index is 1.37. The number of fused-ring (bicyclic) bond motifs is 4. The Morgan fingerprint density at radius 2 is 1.20 bits per heavy atom. The van der Waals surface area contributed by atoms with Gasteiger partial charge in [-0.05, 0) is 131 Å². The number of allylic oxidation sites excluding steroid dienone is 4. The zero-order valence-electron chi connectivity index (χ0n) is 33.4. The molecular weight excluding hydrogens is 651 g/mol. The standard InChI is InChI=1S/C51H55BN2/c1-34-30-47-49-48(31-34)54(44-25-17-15-23-40(44)36-20-12-9-13-21-36)46-29-27-38(51(5,6)7)33-42(46)52(49)41-32-37(50(2,3)4)26-28-45(41)53(47)43-24-16-14-22-39(43)35-18-10-8-11-19-35/h8,10-12,14,16,18-20,22,24-33,36,40H,9,13,15,17,21,23H2,1-7H3. The van der Waals surface area contributed by atoms with Gasteiger partial charge in [0, 0.05) is 39.9 Å². The molecule has 4 aliphatic rings. The lowest BCUT2D eigenvalue weighted by Crippen LogP contribution is -2.62. The van der Waals surface area contributed by atoms with E-state index >= 15 is 0 Å². The van der Waals surface area contributed by atoms with Gasteiger partial charge in [-0.3, -0.25) is 0 Å². The van der Waals surface area contributed by atoms with Crippen LogP contribution in [-0.4, -0.2) is 6.71 Å². The zero-order valence-corrected chi connectivity index (χ0v) is 33.4. The fourth-order valence-corrected chi connectivity index (χ4v) is 9.89. The molecule has 2 unspecified atom stereocenters. The van der Waals surface area contributed by atoms with Gasteiger partial charge in [-0.2, -0.15) is 0 Å². The van der Waals surface area contributed by atoms with Crippen molar-refractivity contribution in [1.29, 1.82) is 0 Å². The topological polar surface area (TPSA) is 6.48 Å². The molecule has 3 heteroatoms. The van der Waals surface area contributed by atoms with Gasteiger partial charge in [0.25, 0.3) is 6.71 Å². The van der Waals surface area contributed by atoms with E-state index in [-0.39, 0.29) is 17.5 Å². The number of anilines is 5. The van der Waals surface area contributed by atoms with E-state index in [4.69, 9.17) is 0 Å². The van der Waals surface area contributed by atoms with Crippen LogP contribution in [0.15, 0.2) is 127 Å². The number of rotatable bonds is 4. The van der Waals surface area contributed by atoms with E-state index < -0.39 is 0 Å². The van der Waals surface area contributed by atoms with Gasteiger partial charge in [0.2, 0.25) is 0 Å². The molecule has 2 atom stereocenters. The fourth-order valence-electron chi connectivity index (χ4n) is 9.89. The molecule has 2 heterocycles. The van der Waals surface area contributed by atoms with Gasteiger partial charge < -0.3 is 9.80 Å². The molecular formula is C51H55BN2.